The maximum Gasteiger partial charge on any atom is 0.0587 e. The van der Waals surface area contributed by atoms with Crippen LogP contribution in [0.1, 0.15) is 24.4 Å². The van der Waals surface area contributed by atoms with E-state index in [-0.39, 0.29) is 18.7 Å². The molecule has 1 aliphatic rings. The minimum absolute atomic E-state index is 0.161. The van der Waals surface area contributed by atoms with Gasteiger partial charge in [0.2, 0.25) is 0 Å². The predicted molar refractivity (Wildman–Crippen MR) is 70.1 cm³/mol. The molecule has 1 aromatic rings. The molecule has 4 heteroatoms. The summed E-state index contributed by atoms with van der Waals surface area (Å²) in [6.07, 6.45) is 2.18. The highest BCUT2D eigenvalue weighted by Gasteiger charge is 2.30. The molecule has 17 heavy (non-hydrogen) atoms. The molecular formula is C13H19ClN2O. The van der Waals surface area contributed by atoms with Crippen molar-refractivity contribution in [1.29, 1.82) is 0 Å². The van der Waals surface area contributed by atoms with Crippen LogP contribution in [-0.2, 0) is 0 Å². The third-order valence-corrected chi connectivity index (χ3v) is 3.73. The Bertz CT molecular complexity index is 372. The van der Waals surface area contributed by atoms with Crippen LogP contribution in [0.15, 0.2) is 24.3 Å². The number of hydrogen-bond acceptors (Lipinski definition) is 3. The molecule has 2 atom stereocenters. The molecule has 0 bridgehead atoms. The molecule has 0 saturated carbocycles. The summed E-state index contributed by atoms with van der Waals surface area (Å²) in [5.41, 5.74) is 7.02. The molecule has 2 rings (SSSR count). The van der Waals surface area contributed by atoms with Crippen LogP contribution in [0, 0.1) is 0 Å². The van der Waals surface area contributed by atoms with Gasteiger partial charge in [-0.1, -0.05) is 23.7 Å². The molecule has 0 spiro atoms. The molecule has 1 aliphatic heterocycles. The molecule has 1 aromatic carbocycles. The van der Waals surface area contributed by atoms with Crippen LogP contribution in [0.5, 0.6) is 0 Å². The van der Waals surface area contributed by atoms with E-state index in [4.69, 9.17) is 17.3 Å². The van der Waals surface area contributed by atoms with E-state index in [0.29, 0.717) is 6.54 Å². The van der Waals surface area contributed by atoms with Crippen molar-refractivity contribution in [2.45, 2.75) is 24.9 Å². The van der Waals surface area contributed by atoms with Crippen molar-refractivity contribution in [3.05, 3.63) is 34.9 Å². The molecule has 0 radical (unpaired) electrons. The monoisotopic (exact) mass is 254 g/mol. The van der Waals surface area contributed by atoms with Gasteiger partial charge in [-0.15, -0.1) is 0 Å². The first-order chi connectivity index (χ1) is 8.26. The van der Waals surface area contributed by atoms with E-state index in [0.717, 1.165) is 30.0 Å². The summed E-state index contributed by atoms with van der Waals surface area (Å²) in [7, 11) is 0. The molecule has 0 aliphatic carbocycles. The maximum atomic E-state index is 9.37. The van der Waals surface area contributed by atoms with Crippen LogP contribution >= 0.6 is 11.6 Å². The second-order valence-corrected chi connectivity index (χ2v) is 4.96. The van der Waals surface area contributed by atoms with Gasteiger partial charge in [0.15, 0.2) is 0 Å². The summed E-state index contributed by atoms with van der Waals surface area (Å²) < 4.78 is 0. The first-order valence-corrected chi connectivity index (χ1v) is 6.46. The average molecular weight is 255 g/mol. The van der Waals surface area contributed by atoms with Gasteiger partial charge in [0.05, 0.1) is 6.61 Å². The molecule has 3 nitrogen and oxygen atoms in total. The molecule has 3 N–H and O–H groups in total. The lowest BCUT2D eigenvalue weighted by Gasteiger charge is -2.31. The van der Waals surface area contributed by atoms with E-state index in [1.54, 1.807) is 0 Å². The van der Waals surface area contributed by atoms with Gasteiger partial charge in [-0.3, -0.25) is 4.90 Å². The number of nitrogens with zero attached hydrogens (tertiary/aromatic N) is 1. The number of benzene rings is 1. The number of likely N-dealkylation sites (tertiary alicyclic amines) is 1. The fourth-order valence-electron chi connectivity index (χ4n) is 2.64. The molecule has 0 aromatic heterocycles. The highest BCUT2D eigenvalue weighted by atomic mass is 35.5. The summed E-state index contributed by atoms with van der Waals surface area (Å²) in [6, 6.07) is 8.23. The number of rotatable bonds is 4. The van der Waals surface area contributed by atoms with E-state index in [9.17, 15) is 5.11 Å². The van der Waals surface area contributed by atoms with Gasteiger partial charge in [-0.05, 0) is 37.1 Å². The Balaban J connectivity index is 2.21. The lowest BCUT2D eigenvalue weighted by atomic mass is 10.0. The molecule has 1 fully saturated rings. The van der Waals surface area contributed by atoms with Crippen molar-refractivity contribution in [2.24, 2.45) is 5.73 Å². The minimum atomic E-state index is 0.161. The molecule has 1 heterocycles. The van der Waals surface area contributed by atoms with Gasteiger partial charge in [-0.2, -0.15) is 0 Å². The molecule has 1 saturated heterocycles. The SMILES string of the molecule is NCC(c1cccc(Cl)c1)N1CCCC1CO. The second kappa shape index (κ2) is 5.83. The largest absolute Gasteiger partial charge is 0.395 e. The second-order valence-electron chi connectivity index (χ2n) is 4.52. The number of halogens is 1. The van der Waals surface area contributed by atoms with Crippen molar-refractivity contribution in [1.82, 2.24) is 4.90 Å². The van der Waals surface area contributed by atoms with Crippen LogP contribution in [0.4, 0.5) is 0 Å². The van der Waals surface area contributed by atoms with Crippen molar-refractivity contribution in [3.8, 4) is 0 Å². The van der Waals surface area contributed by atoms with E-state index >= 15 is 0 Å². The summed E-state index contributed by atoms with van der Waals surface area (Å²) in [5.74, 6) is 0. The highest BCUT2D eigenvalue weighted by Crippen LogP contribution is 2.29. The number of aliphatic hydroxyl groups excluding tert-OH is 1. The Morgan fingerprint density at radius 3 is 3.00 bits per heavy atom. The van der Waals surface area contributed by atoms with E-state index < -0.39 is 0 Å². The summed E-state index contributed by atoms with van der Waals surface area (Å²) in [4.78, 5) is 2.30. The lowest BCUT2D eigenvalue weighted by molar-refractivity contribution is 0.121. The van der Waals surface area contributed by atoms with E-state index in [1.165, 1.54) is 0 Å². The molecule has 2 unspecified atom stereocenters. The Hall–Kier alpha value is -0.610. The van der Waals surface area contributed by atoms with Crippen LogP contribution in [0.2, 0.25) is 5.02 Å². The predicted octanol–water partition coefficient (Wildman–Crippen LogP) is 1.80. The van der Waals surface area contributed by atoms with E-state index in [1.807, 2.05) is 18.2 Å². The summed E-state index contributed by atoms with van der Waals surface area (Å²) >= 11 is 6.01. The van der Waals surface area contributed by atoms with Crippen molar-refractivity contribution < 1.29 is 5.11 Å². The Labute approximate surface area is 107 Å². The van der Waals surface area contributed by atoms with Crippen LogP contribution in [0.3, 0.4) is 0 Å². The number of nitrogens with two attached hydrogens (primary N) is 1. The Morgan fingerprint density at radius 1 is 1.53 bits per heavy atom. The topological polar surface area (TPSA) is 49.5 Å². The first kappa shape index (κ1) is 12.8. The zero-order valence-corrected chi connectivity index (χ0v) is 10.6. The first-order valence-electron chi connectivity index (χ1n) is 6.08. The van der Waals surface area contributed by atoms with Gasteiger partial charge in [0.25, 0.3) is 0 Å². The van der Waals surface area contributed by atoms with Crippen LogP contribution < -0.4 is 5.73 Å². The maximum absolute atomic E-state index is 9.37. The molecule has 94 valence electrons. The smallest absolute Gasteiger partial charge is 0.0587 e. The van der Waals surface area contributed by atoms with Crippen LogP contribution in [0.25, 0.3) is 0 Å². The normalized spacial score (nSPS) is 22.9. The van der Waals surface area contributed by atoms with Gasteiger partial charge >= 0.3 is 0 Å². The standard InChI is InChI=1S/C13H19ClN2O/c14-11-4-1-3-10(7-11)13(8-15)16-6-2-5-12(16)9-17/h1,3-4,7,12-13,17H,2,5-6,8-9,15H2. The number of hydrogen-bond donors (Lipinski definition) is 2. The van der Waals surface area contributed by atoms with Gasteiger partial charge in [0.1, 0.15) is 0 Å². The summed E-state index contributed by atoms with van der Waals surface area (Å²) in [6.45, 7) is 1.76. The van der Waals surface area contributed by atoms with Gasteiger partial charge in [-0.25, -0.2) is 0 Å². The van der Waals surface area contributed by atoms with Crippen molar-refractivity contribution in [3.63, 3.8) is 0 Å². The average Bonchev–Trinajstić information content (AvgIpc) is 2.78. The molecular weight excluding hydrogens is 236 g/mol. The fourth-order valence-corrected chi connectivity index (χ4v) is 2.84. The fraction of sp³-hybridized carbons (Fsp3) is 0.538. The Morgan fingerprint density at radius 2 is 2.35 bits per heavy atom. The lowest BCUT2D eigenvalue weighted by Crippen LogP contribution is -2.39. The van der Waals surface area contributed by atoms with Gasteiger partial charge < -0.3 is 10.8 Å². The van der Waals surface area contributed by atoms with E-state index in [2.05, 4.69) is 11.0 Å². The quantitative estimate of drug-likeness (QED) is 0.862. The zero-order chi connectivity index (χ0) is 12.3. The van der Waals surface area contributed by atoms with Crippen molar-refractivity contribution >= 4 is 11.6 Å². The molecule has 0 amide bonds. The Kier molecular flexibility index (Phi) is 4.40. The number of aliphatic hydroxyl groups is 1. The highest BCUT2D eigenvalue weighted by molar-refractivity contribution is 6.30. The summed E-state index contributed by atoms with van der Waals surface area (Å²) in [5, 5.41) is 10.1. The van der Waals surface area contributed by atoms with Gasteiger partial charge in [0, 0.05) is 23.7 Å². The van der Waals surface area contributed by atoms with Crippen molar-refractivity contribution in [2.75, 3.05) is 19.7 Å². The van der Waals surface area contributed by atoms with Crippen LogP contribution in [-0.4, -0.2) is 35.7 Å². The zero-order valence-electron chi connectivity index (χ0n) is 9.85. The third kappa shape index (κ3) is 2.80. The minimum Gasteiger partial charge on any atom is -0.395 e. The third-order valence-electron chi connectivity index (χ3n) is 3.49.